The van der Waals surface area contributed by atoms with Crippen LogP contribution >= 0.6 is 0 Å². The molecule has 1 amide bonds. The Hall–Kier alpha value is -3.79. The first-order chi connectivity index (χ1) is 18.6. The maximum Gasteiger partial charge on any atom is 0.225 e. The van der Waals surface area contributed by atoms with Crippen molar-refractivity contribution in [1.29, 1.82) is 0 Å². The number of hydrogen-bond donors (Lipinski definition) is 0. The average molecular weight is 518 g/mol. The normalized spacial score (nSPS) is 17.8. The predicted octanol–water partition coefficient (Wildman–Crippen LogP) is 4.24. The summed E-state index contributed by atoms with van der Waals surface area (Å²) in [7, 11) is 0. The third-order valence-electron chi connectivity index (χ3n) is 7.76. The highest BCUT2D eigenvalue weighted by Crippen LogP contribution is 2.34. The average Bonchev–Trinajstić information content (AvgIpc) is 3.32. The van der Waals surface area contributed by atoms with Crippen molar-refractivity contribution in [3.8, 4) is 11.5 Å². The number of amides is 1. The van der Waals surface area contributed by atoms with E-state index in [1.165, 1.54) is 6.07 Å². The Balaban J connectivity index is 1.13. The lowest BCUT2D eigenvalue weighted by atomic mass is 9.93. The molecule has 196 valence electrons. The third kappa shape index (κ3) is 4.88. The molecule has 6 rings (SSSR count). The first-order valence-corrected chi connectivity index (χ1v) is 13.1. The molecule has 4 aromatic rings. The summed E-state index contributed by atoms with van der Waals surface area (Å²) in [4.78, 5) is 26.8. The smallest absolute Gasteiger partial charge is 0.225 e. The molecule has 2 saturated heterocycles. The van der Waals surface area contributed by atoms with Crippen molar-refractivity contribution in [1.82, 2.24) is 34.5 Å². The molecule has 2 aliphatic heterocycles. The van der Waals surface area contributed by atoms with Crippen molar-refractivity contribution in [2.75, 3.05) is 26.2 Å². The van der Waals surface area contributed by atoms with E-state index in [-0.39, 0.29) is 17.9 Å². The highest BCUT2D eigenvalue weighted by molar-refractivity contribution is 5.81. The maximum absolute atomic E-state index is 14.2. The molecule has 0 saturated carbocycles. The Morgan fingerprint density at radius 1 is 0.921 bits per heavy atom. The zero-order valence-corrected chi connectivity index (χ0v) is 21.0. The van der Waals surface area contributed by atoms with Crippen LogP contribution in [-0.4, -0.2) is 66.6 Å². The molecule has 0 radical (unpaired) electrons. The van der Waals surface area contributed by atoms with Crippen LogP contribution in [0.1, 0.15) is 37.3 Å². The summed E-state index contributed by atoms with van der Waals surface area (Å²) in [6, 6.07) is 9.88. The number of piperidine rings is 2. The summed E-state index contributed by atoms with van der Waals surface area (Å²) < 4.78 is 30.2. The number of rotatable bonds is 5. The van der Waals surface area contributed by atoms with Gasteiger partial charge < -0.3 is 9.47 Å². The number of halogens is 2. The lowest BCUT2D eigenvalue weighted by molar-refractivity contribution is -0.138. The minimum absolute atomic E-state index is 0.00161. The van der Waals surface area contributed by atoms with Crippen LogP contribution in [0, 0.1) is 17.6 Å². The van der Waals surface area contributed by atoms with E-state index in [4.69, 9.17) is 0 Å². The zero-order chi connectivity index (χ0) is 26.1. The molecule has 1 aromatic carbocycles. The van der Waals surface area contributed by atoms with Crippen molar-refractivity contribution in [2.24, 2.45) is 5.92 Å². The van der Waals surface area contributed by atoms with Crippen LogP contribution in [0.3, 0.4) is 0 Å². The molecular weight excluding hydrogens is 488 g/mol. The second-order valence-corrected chi connectivity index (χ2v) is 10.1. The van der Waals surface area contributed by atoms with Crippen LogP contribution in [0.25, 0.3) is 22.6 Å². The van der Waals surface area contributed by atoms with Gasteiger partial charge in [0, 0.05) is 56.1 Å². The summed E-state index contributed by atoms with van der Waals surface area (Å²) in [5.74, 6) is -0.966. The lowest BCUT2D eigenvalue weighted by Gasteiger charge is -2.38. The molecule has 5 heterocycles. The van der Waals surface area contributed by atoms with Gasteiger partial charge in [-0.25, -0.2) is 13.8 Å². The molecule has 0 atom stereocenters. The van der Waals surface area contributed by atoms with Crippen LogP contribution in [0.2, 0.25) is 0 Å². The van der Waals surface area contributed by atoms with Crippen molar-refractivity contribution < 1.29 is 13.6 Å². The largest absolute Gasteiger partial charge is 0.342 e. The van der Waals surface area contributed by atoms with Gasteiger partial charge in [0.05, 0.1) is 17.2 Å². The number of carbonyl (C=O) groups excluding carboxylic acids is 1. The quantitative estimate of drug-likeness (QED) is 0.394. The second-order valence-electron chi connectivity index (χ2n) is 10.1. The van der Waals surface area contributed by atoms with Crippen molar-refractivity contribution >= 4 is 16.9 Å². The molecule has 0 aliphatic carbocycles. The number of pyridine rings is 1. The topological polar surface area (TPSA) is 80.0 Å². The lowest BCUT2D eigenvalue weighted by Crippen LogP contribution is -2.45. The van der Waals surface area contributed by atoms with E-state index in [1.54, 1.807) is 18.6 Å². The van der Waals surface area contributed by atoms with Crippen molar-refractivity contribution in [3.05, 3.63) is 72.2 Å². The molecule has 0 unspecified atom stereocenters. The van der Waals surface area contributed by atoms with Gasteiger partial charge in [-0.3, -0.25) is 14.7 Å². The third-order valence-corrected chi connectivity index (χ3v) is 7.76. The fraction of sp³-hybridized carbons (Fsp3) is 0.393. The predicted molar refractivity (Wildman–Crippen MR) is 138 cm³/mol. The second kappa shape index (κ2) is 10.5. The fourth-order valence-corrected chi connectivity index (χ4v) is 5.75. The summed E-state index contributed by atoms with van der Waals surface area (Å²) in [6.45, 7) is 3.83. The van der Waals surface area contributed by atoms with E-state index in [0.29, 0.717) is 48.5 Å². The number of hydrogen-bond acceptors (Lipinski definition) is 6. The van der Waals surface area contributed by atoms with Gasteiger partial charge in [0.1, 0.15) is 5.69 Å². The number of benzene rings is 1. The van der Waals surface area contributed by atoms with Crippen LogP contribution in [-0.2, 0) is 11.3 Å². The Morgan fingerprint density at radius 2 is 1.71 bits per heavy atom. The summed E-state index contributed by atoms with van der Waals surface area (Å²) in [5, 5.41) is 7.78. The maximum atomic E-state index is 14.2. The number of aromatic nitrogens is 5. The standard InChI is InChI=1S/C28H29F2N7O/c29-22-15-25-26(16-23(22)30)37(27(34-25)24-3-1-2-9-31-24)21-7-13-36(14-8-21)28(38)20-5-11-35(12-6-20)18-19-4-10-32-33-17-19/h1-4,9-10,15-17,20-21H,5-8,11-14,18H2. The molecule has 2 aliphatic rings. The molecular formula is C28H29F2N7O. The van der Waals surface area contributed by atoms with E-state index < -0.39 is 11.6 Å². The van der Waals surface area contributed by atoms with Gasteiger partial charge in [0.25, 0.3) is 0 Å². The van der Waals surface area contributed by atoms with Crippen molar-refractivity contribution in [3.63, 3.8) is 0 Å². The van der Waals surface area contributed by atoms with E-state index in [9.17, 15) is 13.6 Å². The number of imidazole rings is 1. The molecule has 0 N–H and O–H groups in total. The van der Waals surface area contributed by atoms with Crippen LogP contribution in [0.5, 0.6) is 0 Å². The van der Waals surface area contributed by atoms with Crippen molar-refractivity contribution in [2.45, 2.75) is 38.3 Å². The Bertz CT molecular complexity index is 1410. The van der Waals surface area contributed by atoms with Gasteiger partial charge in [-0.1, -0.05) is 6.07 Å². The summed E-state index contributed by atoms with van der Waals surface area (Å²) in [6.07, 6.45) is 8.29. The highest BCUT2D eigenvalue weighted by atomic mass is 19.2. The van der Waals surface area contributed by atoms with Gasteiger partial charge >= 0.3 is 0 Å². The number of likely N-dealkylation sites (tertiary alicyclic amines) is 2. The van der Waals surface area contributed by atoms with Gasteiger partial charge in [0.2, 0.25) is 5.91 Å². The molecule has 8 nitrogen and oxygen atoms in total. The van der Waals surface area contributed by atoms with E-state index in [1.807, 2.05) is 33.7 Å². The number of fused-ring (bicyclic) bond motifs is 1. The molecule has 2 fully saturated rings. The van der Waals surface area contributed by atoms with E-state index in [0.717, 1.165) is 44.1 Å². The van der Waals surface area contributed by atoms with E-state index >= 15 is 0 Å². The van der Waals surface area contributed by atoms with Gasteiger partial charge in [0.15, 0.2) is 17.5 Å². The Morgan fingerprint density at radius 3 is 2.42 bits per heavy atom. The SMILES string of the molecule is O=C(C1CCN(Cc2ccnnc2)CC1)N1CCC(n2c(-c3ccccn3)nc3cc(F)c(F)cc32)CC1. The van der Waals surface area contributed by atoms with Crippen LogP contribution in [0.4, 0.5) is 8.78 Å². The molecule has 10 heteroatoms. The minimum atomic E-state index is -0.918. The van der Waals surface area contributed by atoms with Gasteiger partial charge in [-0.2, -0.15) is 10.2 Å². The first kappa shape index (κ1) is 24.5. The Kier molecular flexibility index (Phi) is 6.80. The Labute approximate surface area is 219 Å². The van der Waals surface area contributed by atoms with E-state index in [2.05, 4.69) is 25.1 Å². The van der Waals surface area contributed by atoms with Crippen LogP contribution < -0.4 is 0 Å². The van der Waals surface area contributed by atoms with Gasteiger partial charge in [-0.05, 0) is 62.5 Å². The first-order valence-electron chi connectivity index (χ1n) is 13.1. The molecule has 0 bridgehead atoms. The molecule has 38 heavy (non-hydrogen) atoms. The summed E-state index contributed by atoms with van der Waals surface area (Å²) >= 11 is 0. The monoisotopic (exact) mass is 517 g/mol. The molecule has 3 aromatic heterocycles. The highest BCUT2D eigenvalue weighted by Gasteiger charge is 2.32. The summed E-state index contributed by atoms with van der Waals surface area (Å²) in [5.41, 5.74) is 2.73. The minimum Gasteiger partial charge on any atom is -0.342 e. The number of carbonyl (C=O) groups is 1. The molecule has 0 spiro atoms. The number of nitrogens with zero attached hydrogens (tertiary/aromatic N) is 7. The zero-order valence-electron chi connectivity index (χ0n) is 21.0. The van der Waals surface area contributed by atoms with Crippen LogP contribution in [0.15, 0.2) is 55.0 Å². The fourth-order valence-electron chi connectivity index (χ4n) is 5.75. The van der Waals surface area contributed by atoms with Gasteiger partial charge in [-0.15, -0.1) is 0 Å².